The molecule has 0 spiro atoms. The number of rotatable bonds is 1. The van der Waals surface area contributed by atoms with Crippen LogP contribution < -0.4 is 0 Å². The van der Waals surface area contributed by atoms with Gasteiger partial charge < -0.3 is 14.6 Å². The van der Waals surface area contributed by atoms with Crippen molar-refractivity contribution in [2.24, 2.45) is 0 Å². The number of aliphatic hydroxyl groups excluding tert-OH is 1. The molecule has 0 saturated carbocycles. The summed E-state index contributed by atoms with van der Waals surface area (Å²) in [5, 5.41) is 8.95. The number of carbonyl (C=O) groups is 1. The first-order valence-electron chi connectivity index (χ1n) is 3.17. The summed E-state index contributed by atoms with van der Waals surface area (Å²) >= 11 is 4.08. The first-order chi connectivity index (χ1) is 4.74. The smallest absolute Gasteiger partial charge is 0.148 e. The Bertz CT molecular complexity index is 128. The summed E-state index contributed by atoms with van der Waals surface area (Å²) in [7, 11) is 0. The van der Waals surface area contributed by atoms with E-state index in [4.69, 9.17) is 9.84 Å². The molecule has 3 nitrogen and oxygen atoms in total. The van der Waals surface area contributed by atoms with Gasteiger partial charge in [-0.25, -0.2) is 0 Å². The number of aldehydes is 1. The van der Waals surface area contributed by atoms with Gasteiger partial charge in [-0.1, -0.05) is 0 Å². The summed E-state index contributed by atoms with van der Waals surface area (Å²) in [5.41, 5.74) is 0. The Labute approximate surface area is 64.8 Å². The Morgan fingerprint density at radius 1 is 1.70 bits per heavy atom. The normalized spacial score (nSPS) is 41.2. The largest absolute Gasteiger partial charge is 0.390 e. The van der Waals surface area contributed by atoms with E-state index in [0.717, 1.165) is 6.29 Å². The Hall–Kier alpha value is -0.0600. The number of ether oxygens (including phenoxy) is 1. The van der Waals surface area contributed by atoms with Crippen molar-refractivity contribution in [1.82, 2.24) is 0 Å². The molecule has 10 heavy (non-hydrogen) atoms. The third kappa shape index (κ3) is 1.71. The topological polar surface area (TPSA) is 46.5 Å². The van der Waals surface area contributed by atoms with Crippen LogP contribution in [0.1, 0.15) is 6.42 Å². The van der Waals surface area contributed by atoms with E-state index in [1.807, 2.05) is 0 Å². The lowest BCUT2D eigenvalue weighted by Gasteiger charge is -2.27. The minimum atomic E-state index is -0.528. The fourth-order valence-electron chi connectivity index (χ4n) is 0.891. The maximum Gasteiger partial charge on any atom is 0.148 e. The van der Waals surface area contributed by atoms with Gasteiger partial charge in [0.05, 0.1) is 12.7 Å². The zero-order chi connectivity index (χ0) is 7.56. The summed E-state index contributed by atoms with van der Waals surface area (Å²) in [6, 6.07) is 0. The predicted octanol–water partition coefficient (Wildman–Crippen LogP) is -0.367. The fourth-order valence-corrected chi connectivity index (χ4v) is 1.19. The average Bonchev–Trinajstić information content (AvgIpc) is 1.95. The molecule has 0 aromatic heterocycles. The highest BCUT2D eigenvalue weighted by molar-refractivity contribution is 7.81. The van der Waals surface area contributed by atoms with Gasteiger partial charge in [0, 0.05) is 5.25 Å². The molecule has 1 aliphatic heterocycles. The quantitative estimate of drug-likeness (QED) is 0.408. The highest BCUT2D eigenvalue weighted by Gasteiger charge is 2.26. The van der Waals surface area contributed by atoms with Crippen molar-refractivity contribution in [1.29, 1.82) is 0 Å². The lowest BCUT2D eigenvalue weighted by molar-refractivity contribution is -0.124. The predicted molar refractivity (Wildman–Crippen MR) is 39.2 cm³/mol. The molecule has 0 aromatic rings. The van der Waals surface area contributed by atoms with Crippen molar-refractivity contribution in [3.8, 4) is 0 Å². The van der Waals surface area contributed by atoms with Crippen LogP contribution in [0.2, 0.25) is 0 Å². The molecule has 1 aliphatic rings. The number of hydrogen-bond acceptors (Lipinski definition) is 4. The molecule has 1 rings (SSSR count). The van der Waals surface area contributed by atoms with Gasteiger partial charge in [0.2, 0.25) is 0 Å². The lowest BCUT2D eigenvalue weighted by Crippen LogP contribution is -2.38. The van der Waals surface area contributed by atoms with Gasteiger partial charge in [-0.05, 0) is 6.42 Å². The van der Waals surface area contributed by atoms with Gasteiger partial charge >= 0.3 is 0 Å². The zero-order valence-corrected chi connectivity index (χ0v) is 6.33. The van der Waals surface area contributed by atoms with Crippen LogP contribution >= 0.6 is 12.6 Å². The van der Waals surface area contributed by atoms with Crippen LogP contribution in [0.3, 0.4) is 0 Å². The molecule has 4 heteroatoms. The molecule has 0 amide bonds. The maximum atomic E-state index is 10.2. The minimum absolute atomic E-state index is 0.121. The first kappa shape index (κ1) is 8.04. The van der Waals surface area contributed by atoms with Gasteiger partial charge in [-0.3, -0.25) is 0 Å². The third-order valence-corrected chi connectivity index (χ3v) is 2.11. The number of hydrogen-bond donors (Lipinski definition) is 2. The molecule has 0 aromatic carbocycles. The Balaban J connectivity index is 2.40. The molecular weight excluding hydrogens is 152 g/mol. The maximum absolute atomic E-state index is 10.2. The van der Waals surface area contributed by atoms with Crippen LogP contribution in [0.25, 0.3) is 0 Å². The van der Waals surface area contributed by atoms with Gasteiger partial charge in [0.15, 0.2) is 0 Å². The standard InChI is InChI=1S/C6H10O3S/c7-2-4-1-6(10)5(8)3-9-4/h2,4-6,8,10H,1,3H2/t4-,5?,6-/m0/s1. The number of thiol groups is 1. The van der Waals surface area contributed by atoms with E-state index in [1.165, 1.54) is 0 Å². The summed E-state index contributed by atoms with van der Waals surface area (Å²) in [6.45, 7) is 0.220. The molecule has 0 bridgehead atoms. The molecule has 1 N–H and O–H groups in total. The molecular formula is C6H10O3S. The van der Waals surface area contributed by atoms with Crippen molar-refractivity contribution < 1.29 is 14.6 Å². The molecule has 3 atom stereocenters. The van der Waals surface area contributed by atoms with Crippen molar-refractivity contribution in [3.63, 3.8) is 0 Å². The Morgan fingerprint density at radius 2 is 2.40 bits per heavy atom. The van der Waals surface area contributed by atoms with Crippen LogP contribution in [-0.2, 0) is 9.53 Å². The third-order valence-electron chi connectivity index (χ3n) is 1.55. The second-order valence-electron chi connectivity index (χ2n) is 2.38. The van der Waals surface area contributed by atoms with Gasteiger partial charge in [0.1, 0.15) is 12.4 Å². The molecule has 0 aliphatic carbocycles. The highest BCUT2D eigenvalue weighted by atomic mass is 32.1. The van der Waals surface area contributed by atoms with Crippen molar-refractivity contribution in [2.75, 3.05) is 6.61 Å². The summed E-state index contributed by atoms with van der Waals surface area (Å²) in [5.74, 6) is 0. The summed E-state index contributed by atoms with van der Waals surface area (Å²) in [4.78, 5) is 10.2. The SMILES string of the molecule is O=C[C@@H]1C[C@H](S)C(O)CO1. The fraction of sp³-hybridized carbons (Fsp3) is 0.833. The Morgan fingerprint density at radius 3 is 2.90 bits per heavy atom. The van der Waals surface area contributed by atoms with Crippen LogP contribution in [0.15, 0.2) is 0 Å². The number of carbonyl (C=O) groups excluding carboxylic acids is 1. The van der Waals surface area contributed by atoms with Gasteiger partial charge in [0.25, 0.3) is 0 Å². The van der Waals surface area contributed by atoms with Crippen LogP contribution in [0, 0.1) is 0 Å². The van der Waals surface area contributed by atoms with Gasteiger partial charge in [-0.15, -0.1) is 0 Å². The first-order valence-corrected chi connectivity index (χ1v) is 3.68. The van der Waals surface area contributed by atoms with E-state index in [2.05, 4.69) is 12.6 Å². The van der Waals surface area contributed by atoms with E-state index in [0.29, 0.717) is 6.42 Å². The molecule has 1 unspecified atom stereocenters. The van der Waals surface area contributed by atoms with E-state index < -0.39 is 6.10 Å². The monoisotopic (exact) mass is 162 g/mol. The van der Waals surface area contributed by atoms with Crippen LogP contribution in [-0.4, -0.2) is 35.5 Å². The molecule has 0 radical (unpaired) electrons. The molecule has 1 fully saturated rings. The van der Waals surface area contributed by atoms with E-state index in [-0.39, 0.29) is 18.0 Å². The van der Waals surface area contributed by atoms with E-state index in [1.54, 1.807) is 0 Å². The summed E-state index contributed by atoms with van der Waals surface area (Å²) in [6.07, 6.45) is 0.355. The number of aliphatic hydroxyl groups is 1. The van der Waals surface area contributed by atoms with Crippen molar-refractivity contribution in [2.45, 2.75) is 23.9 Å². The molecule has 1 saturated heterocycles. The highest BCUT2D eigenvalue weighted by Crippen LogP contribution is 2.17. The second kappa shape index (κ2) is 3.37. The van der Waals surface area contributed by atoms with Crippen LogP contribution in [0.4, 0.5) is 0 Å². The zero-order valence-electron chi connectivity index (χ0n) is 5.43. The van der Waals surface area contributed by atoms with Crippen molar-refractivity contribution >= 4 is 18.9 Å². The Kier molecular flexibility index (Phi) is 2.71. The van der Waals surface area contributed by atoms with E-state index in [9.17, 15) is 4.79 Å². The average molecular weight is 162 g/mol. The summed E-state index contributed by atoms with van der Waals surface area (Å²) < 4.78 is 4.94. The van der Waals surface area contributed by atoms with Gasteiger partial charge in [-0.2, -0.15) is 12.6 Å². The molecule has 58 valence electrons. The van der Waals surface area contributed by atoms with E-state index >= 15 is 0 Å². The van der Waals surface area contributed by atoms with Crippen LogP contribution in [0.5, 0.6) is 0 Å². The minimum Gasteiger partial charge on any atom is -0.390 e. The van der Waals surface area contributed by atoms with Crippen molar-refractivity contribution in [3.05, 3.63) is 0 Å². The molecule has 1 heterocycles. The lowest BCUT2D eigenvalue weighted by atomic mass is 10.1. The second-order valence-corrected chi connectivity index (χ2v) is 3.04.